The molecule has 0 atom stereocenters. The Kier molecular flexibility index (Phi) is 4.79. The van der Waals surface area contributed by atoms with E-state index in [1.165, 1.54) is 0 Å². The van der Waals surface area contributed by atoms with E-state index >= 15 is 0 Å². The first-order valence-electron chi connectivity index (χ1n) is 8.29. The summed E-state index contributed by atoms with van der Waals surface area (Å²) in [5.74, 6) is 1.31. The van der Waals surface area contributed by atoms with Crippen LogP contribution in [0.1, 0.15) is 32.6 Å². The Morgan fingerprint density at radius 1 is 1.26 bits per heavy atom. The number of piperidine rings is 1. The summed E-state index contributed by atoms with van der Waals surface area (Å²) in [5.41, 5.74) is 0.658. The summed E-state index contributed by atoms with van der Waals surface area (Å²) in [7, 11) is 0. The van der Waals surface area contributed by atoms with Crippen LogP contribution in [0.25, 0.3) is 0 Å². The third-order valence-electron chi connectivity index (χ3n) is 4.43. The molecular weight excluding hydrogens is 294 g/mol. The van der Waals surface area contributed by atoms with E-state index in [2.05, 4.69) is 17.2 Å². The van der Waals surface area contributed by atoms with Gasteiger partial charge in [-0.1, -0.05) is 6.92 Å². The van der Waals surface area contributed by atoms with Crippen molar-refractivity contribution in [2.45, 2.75) is 32.6 Å². The maximum absolute atomic E-state index is 12.1. The molecule has 6 heteroatoms. The number of ether oxygens (including phenoxy) is 1. The van der Waals surface area contributed by atoms with Crippen molar-refractivity contribution in [2.75, 3.05) is 25.0 Å². The van der Waals surface area contributed by atoms with Gasteiger partial charge in [0.15, 0.2) is 6.61 Å². The lowest BCUT2D eigenvalue weighted by atomic mass is 9.99. The van der Waals surface area contributed by atoms with Gasteiger partial charge in [-0.2, -0.15) is 0 Å². The van der Waals surface area contributed by atoms with Crippen LogP contribution in [-0.4, -0.2) is 41.4 Å². The number of nitrogens with one attached hydrogen (secondary N) is 1. The minimum absolute atomic E-state index is 0.00446. The maximum Gasteiger partial charge on any atom is 0.260 e. The number of hydrogen-bond acceptors (Lipinski definition) is 4. The van der Waals surface area contributed by atoms with Gasteiger partial charge in [-0.25, -0.2) is 4.98 Å². The molecule has 1 saturated heterocycles. The fourth-order valence-corrected chi connectivity index (χ4v) is 2.61. The molecule has 0 spiro atoms. The van der Waals surface area contributed by atoms with Crippen molar-refractivity contribution in [2.24, 2.45) is 11.8 Å². The number of nitrogens with zero attached hydrogens (tertiary/aromatic N) is 2. The predicted octanol–water partition coefficient (Wildman–Crippen LogP) is 2.07. The van der Waals surface area contributed by atoms with E-state index in [0.29, 0.717) is 17.5 Å². The average molecular weight is 317 g/mol. The third-order valence-corrected chi connectivity index (χ3v) is 4.43. The summed E-state index contributed by atoms with van der Waals surface area (Å²) in [6.07, 6.45) is 5.61. The normalized spacial score (nSPS) is 18.6. The zero-order valence-corrected chi connectivity index (χ0v) is 13.5. The molecule has 0 aromatic carbocycles. The van der Waals surface area contributed by atoms with Crippen molar-refractivity contribution in [3.05, 3.63) is 18.3 Å². The molecule has 0 bridgehead atoms. The minimum atomic E-state index is 0.00446. The van der Waals surface area contributed by atoms with Crippen molar-refractivity contribution >= 4 is 17.5 Å². The van der Waals surface area contributed by atoms with Crippen molar-refractivity contribution in [1.29, 1.82) is 0 Å². The van der Waals surface area contributed by atoms with Gasteiger partial charge in [-0.3, -0.25) is 9.59 Å². The molecule has 1 N–H and O–H groups in total. The number of aromatic nitrogens is 1. The third kappa shape index (κ3) is 4.43. The van der Waals surface area contributed by atoms with Crippen LogP contribution in [0.2, 0.25) is 0 Å². The Bertz CT molecular complexity index is 561. The number of anilines is 1. The summed E-state index contributed by atoms with van der Waals surface area (Å²) in [6.45, 7) is 3.84. The summed E-state index contributed by atoms with van der Waals surface area (Å²) in [5, 5.41) is 2.82. The van der Waals surface area contributed by atoms with Gasteiger partial charge < -0.3 is 15.0 Å². The largest absolute Gasteiger partial charge is 0.468 e. The molecule has 2 aliphatic rings. The van der Waals surface area contributed by atoms with E-state index in [1.54, 1.807) is 18.3 Å². The Morgan fingerprint density at radius 2 is 2.00 bits per heavy atom. The lowest BCUT2D eigenvalue weighted by molar-refractivity contribution is -0.134. The van der Waals surface area contributed by atoms with E-state index in [-0.39, 0.29) is 24.3 Å². The Labute approximate surface area is 136 Å². The number of carbonyl (C=O) groups is 2. The molecule has 6 nitrogen and oxygen atoms in total. The second kappa shape index (κ2) is 6.98. The van der Waals surface area contributed by atoms with Crippen molar-refractivity contribution in [1.82, 2.24) is 9.88 Å². The molecule has 0 radical (unpaired) electrons. The minimum Gasteiger partial charge on any atom is -0.468 e. The van der Waals surface area contributed by atoms with E-state index in [9.17, 15) is 9.59 Å². The van der Waals surface area contributed by atoms with Crippen molar-refractivity contribution in [3.63, 3.8) is 0 Å². The van der Waals surface area contributed by atoms with Crippen LogP contribution in [0.5, 0.6) is 5.88 Å². The summed E-state index contributed by atoms with van der Waals surface area (Å²) >= 11 is 0. The highest BCUT2D eigenvalue weighted by Crippen LogP contribution is 2.30. The number of pyridine rings is 1. The van der Waals surface area contributed by atoms with Crippen molar-refractivity contribution < 1.29 is 14.3 Å². The summed E-state index contributed by atoms with van der Waals surface area (Å²) in [4.78, 5) is 29.7. The van der Waals surface area contributed by atoms with E-state index in [0.717, 1.165) is 38.8 Å². The highest BCUT2D eigenvalue weighted by molar-refractivity contribution is 5.93. The molecule has 0 unspecified atom stereocenters. The van der Waals surface area contributed by atoms with Gasteiger partial charge >= 0.3 is 0 Å². The number of amides is 2. The van der Waals surface area contributed by atoms with Crippen LogP contribution in [0.4, 0.5) is 5.69 Å². The first-order chi connectivity index (χ1) is 11.1. The van der Waals surface area contributed by atoms with Crippen molar-refractivity contribution in [3.8, 4) is 5.88 Å². The highest BCUT2D eigenvalue weighted by Gasteiger charge is 2.29. The molecule has 1 aromatic rings. The van der Waals surface area contributed by atoms with Crippen LogP contribution in [0.15, 0.2) is 18.3 Å². The monoisotopic (exact) mass is 317 g/mol. The summed E-state index contributed by atoms with van der Waals surface area (Å²) < 4.78 is 5.45. The first-order valence-corrected chi connectivity index (χ1v) is 8.29. The van der Waals surface area contributed by atoms with Gasteiger partial charge in [-0.05, 0) is 37.7 Å². The number of likely N-dealkylation sites (tertiary alicyclic amines) is 1. The fraction of sp³-hybridized carbons (Fsp3) is 0.588. The molecular formula is C17H23N3O3. The second-order valence-corrected chi connectivity index (χ2v) is 6.50. The van der Waals surface area contributed by atoms with Gasteiger partial charge in [0, 0.05) is 25.1 Å². The molecule has 1 aliphatic carbocycles. The summed E-state index contributed by atoms with van der Waals surface area (Å²) in [6, 6.07) is 3.42. The standard InChI is InChI=1S/C17H23N3O3/c1-12-6-8-20(9-7-12)16(21)11-23-15-5-4-14(10-18-15)19-17(22)13-2-3-13/h4-5,10,12-13H,2-3,6-9,11H2,1H3,(H,19,22). The molecule has 1 aromatic heterocycles. The quantitative estimate of drug-likeness (QED) is 0.902. The Balaban J connectivity index is 1.44. The van der Waals surface area contributed by atoms with Crippen LogP contribution >= 0.6 is 0 Å². The lowest BCUT2D eigenvalue weighted by Crippen LogP contribution is -2.40. The number of rotatable bonds is 5. The van der Waals surface area contributed by atoms with E-state index in [1.807, 2.05) is 4.90 Å². The number of hydrogen-bond donors (Lipinski definition) is 1. The van der Waals surface area contributed by atoms with Gasteiger partial charge in [-0.15, -0.1) is 0 Å². The molecule has 2 fully saturated rings. The van der Waals surface area contributed by atoms with Gasteiger partial charge in [0.05, 0.1) is 11.9 Å². The molecule has 2 amide bonds. The fourth-order valence-electron chi connectivity index (χ4n) is 2.61. The highest BCUT2D eigenvalue weighted by atomic mass is 16.5. The second-order valence-electron chi connectivity index (χ2n) is 6.50. The molecule has 1 saturated carbocycles. The Morgan fingerprint density at radius 3 is 2.61 bits per heavy atom. The molecule has 23 heavy (non-hydrogen) atoms. The van der Waals surface area contributed by atoms with Crippen LogP contribution < -0.4 is 10.1 Å². The molecule has 3 rings (SSSR count). The number of carbonyl (C=O) groups excluding carboxylic acids is 2. The zero-order chi connectivity index (χ0) is 16.2. The maximum atomic E-state index is 12.1. The first kappa shape index (κ1) is 15.8. The predicted molar refractivity (Wildman–Crippen MR) is 86.1 cm³/mol. The smallest absolute Gasteiger partial charge is 0.260 e. The molecule has 1 aliphatic heterocycles. The molecule has 124 valence electrons. The zero-order valence-electron chi connectivity index (χ0n) is 13.5. The van der Waals surface area contributed by atoms with E-state index in [4.69, 9.17) is 4.74 Å². The Hall–Kier alpha value is -2.11. The lowest BCUT2D eigenvalue weighted by Gasteiger charge is -2.30. The van der Waals surface area contributed by atoms with Gasteiger partial charge in [0.2, 0.25) is 11.8 Å². The SMILES string of the molecule is CC1CCN(C(=O)COc2ccc(NC(=O)C3CC3)cn2)CC1. The van der Waals surface area contributed by atoms with Gasteiger partial charge in [0.25, 0.3) is 5.91 Å². The van der Waals surface area contributed by atoms with Crippen LogP contribution in [-0.2, 0) is 9.59 Å². The van der Waals surface area contributed by atoms with Crippen LogP contribution in [0, 0.1) is 11.8 Å². The average Bonchev–Trinajstić information content (AvgIpc) is 3.39. The molecule has 2 heterocycles. The topological polar surface area (TPSA) is 71.5 Å². The van der Waals surface area contributed by atoms with Crippen LogP contribution in [0.3, 0.4) is 0 Å². The van der Waals surface area contributed by atoms with Gasteiger partial charge in [0.1, 0.15) is 0 Å². The van der Waals surface area contributed by atoms with E-state index < -0.39 is 0 Å².